The molecule has 0 radical (unpaired) electrons. The van der Waals surface area contributed by atoms with Crippen LogP contribution in [0.3, 0.4) is 0 Å². The van der Waals surface area contributed by atoms with Gasteiger partial charge in [0.15, 0.2) is 5.82 Å². The average Bonchev–Trinajstić information content (AvgIpc) is 4.05. The molecule has 0 saturated carbocycles. The van der Waals surface area contributed by atoms with Crippen LogP contribution in [0.4, 0.5) is 0 Å². The van der Waals surface area contributed by atoms with Gasteiger partial charge in [0.2, 0.25) is 0 Å². The molecular weight excluding hydrogens is 841 g/mol. The molecule has 14 rings (SSSR count). The van der Waals surface area contributed by atoms with Crippen molar-refractivity contribution in [1.82, 2.24) is 9.97 Å². The van der Waals surface area contributed by atoms with Gasteiger partial charge in [-0.1, -0.05) is 200 Å². The molecule has 2 heterocycles. The summed E-state index contributed by atoms with van der Waals surface area (Å²) in [6, 6.07) is 88.7. The van der Waals surface area contributed by atoms with Crippen LogP contribution in [0.1, 0.15) is 22.3 Å². The lowest BCUT2D eigenvalue weighted by Gasteiger charge is -2.30. The maximum atomic E-state index is 5.44. The van der Waals surface area contributed by atoms with E-state index in [0.717, 1.165) is 44.8 Å². The zero-order chi connectivity index (χ0) is 44.8. The Kier molecular flexibility index (Phi) is 8.71. The van der Waals surface area contributed by atoms with E-state index < -0.39 is 5.41 Å². The maximum absolute atomic E-state index is 5.44. The molecule has 2 aliphatic carbocycles. The second-order valence-corrected chi connectivity index (χ2v) is 19.1. The first kappa shape index (κ1) is 38.7. The van der Waals surface area contributed by atoms with Gasteiger partial charge in [0.25, 0.3) is 0 Å². The molecule has 68 heavy (non-hydrogen) atoms. The fourth-order valence-electron chi connectivity index (χ4n) is 11.3. The Bertz CT molecular complexity index is 3930. The third kappa shape index (κ3) is 5.89. The lowest BCUT2D eigenvalue weighted by molar-refractivity contribution is 0.794. The van der Waals surface area contributed by atoms with E-state index in [0.29, 0.717) is 5.82 Å². The lowest BCUT2D eigenvalue weighted by atomic mass is 9.70. The van der Waals surface area contributed by atoms with E-state index in [2.05, 4.69) is 243 Å². The van der Waals surface area contributed by atoms with Gasteiger partial charge in [0.1, 0.15) is 0 Å². The first-order valence-corrected chi connectivity index (χ1v) is 24.1. The van der Waals surface area contributed by atoms with Crippen molar-refractivity contribution in [3.05, 3.63) is 265 Å². The summed E-state index contributed by atoms with van der Waals surface area (Å²) in [5.41, 5.74) is 21.9. The van der Waals surface area contributed by atoms with Crippen molar-refractivity contribution < 1.29 is 0 Å². The minimum atomic E-state index is -0.407. The molecule has 0 aliphatic heterocycles. The summed E-state index contributed by atoms with van der Waals surface area (Å²) in [6.45, 7) is 0. The zero-order valence-electron chi connectivity index (χ0n) is 36.9. The highest BCUT2D eigenvalue weighted by molar-refractivity contribution is 7.26. The third-order valence-corrected chi connectivity index (χ3v) is 15.5. The van der Waals surface area contributed by atoms with Gasteiger partial charge in [0, 0.05) is 36.9 Å². The Morgan fingerprint density at radius 3 is 1.49 bits per heavy atom. The minimum absolute atomic E-state index is 0.407. The summed E-state index contributed by atoms with van der Waals surface area (Å²) in [5.74, 6) is 0.693. The molecule has 0 N–H and O–H groups in total. The van der Waals surface area contributed by atoms with E-state index in [4.69, 9.17) is 9.97 Å². The first-order valence-electron chi connectivity index (χ1n) is 23.3. The smallest absolute Gasteiger partial charge is 0.160 e. The van der Waals surface area contributed by atoms with Crippen LogP contribution >= 0.6 is 11.3 Å². The second-order valence-electron chi connectivity index (χ2n) is 18.0. The molecule has 0 bridgehead atoms. The average molecular weight is 881 g/mol. The number of hydrogen-bond acceptors (Lipinski definition) is 3. The Hall–Kier alpha value is -8.50. The van der Waals surface area contributed by atoms with Gasteiger partial charge < -0.3 is 0 Å². The summed E-state index contributed by atoms with van der Waals surface area (Å²) in [4.78, 5) is 10.8. The summed E-state index contributed by atoms with van der Waals surface area (Å²) in [5, 5.41) is 2.57. The molecule has 2 aliphatic rings. The number of fused-ring (bicyclic) bond motifs is 13. The van der Waals surface area contributed by atoms with Crippen molar-refractivity contribution in [1.29, 1.82) is 0 Å². The predicted molar refractivity (Wildman–Crippen MR) is 284 cm³/mol. The minimum Gasteiger partial charge on any atom is -0.228 e. The SMILES string of the molecule is c1ccc(-c2cccc(-c3cc(-c4cc(-c5ccc6c(c5)-c5ccccc5C65c6ccccc6-c6ccccc65)nc(-c5ccccc5)n4)cc(-c4cccc5c4sc4ccccc45)c3)c2)cc1. The van der Waals surface area contributed by atoms with Crippen molar-refractivity contribution in [2.75, 3.05) is 0 Å². The van der Waals surface area contributed by atoms with Crippen molar-refractivity contribution in [2.24, 2.45) is 0 Å². The fourth-order valence-corrected chi connectivity index (χ4v) is 12.5. The van der Waals surface area contributed by atoms with Crippen LogP contribution in [0.2, 0.25) is 0 Å². The van der Waals surface area contributed by atoms with Crippen LogP contribution in [-0.2, 0) is 5.41 Å². The number of hydrogen-bond donors (Lipinski definition) is 0. The van der Waals surface area contributed by atoms with Crippen molar-refractivity contribution >= 4 is 31.5 Å². The monoisotopic (exact) mass is 880 g/mol. The number of nitrogens with zero attached hydrogens (tertiary/aromatic N) is 2. The zero-order valence-corrected chi connectivity index (χ0v) is 37.7. The molecule has 2 aromatic heterocycles. The number of thiophene rings is 1. The molecule has 0 unspecified atom stereocenters. The molecule has 3 heteroatoms. The molecule has 316 valence electrons. The molecule has 2 nitrogen and oxygen atoms in total. The van der Waals surface area contributed by atoms with Crippen molar-refractivity contribution in [3.63, 3.8) is 0 Å². The predicted octanol–water partition coefficient (Wildman–Crippen LogP) is 17.2. The summed E-state index contributed by atoms with van der Waals surface area (Å²) in [6.07, 6.45) is 0. The number of rotatable bonds is 6. The van der Waals surface area contributed by atoms with E-state index in [1.165, 1.54) is 81.4 Å². The quantitative estimate of drug-likeness (QED) is 0.166. The topological polar surface area (TPSA) is 25.8 Å². The first-order chi connectivity index (χ1) is 33.7. The lowest BCUT2D eigenvalue weighted by Crippen LogP contribution is -2.25. The van der Waals surface area contributed by atoms with E-state index in [1.54, 1.807) is 0 Å². The van der Waals surface area contributed by atoms with Crippen molar-refractivity contribution in [3.8, 4) is 89.5 Å². The van der Waals surface area contributed by atoms with Crippen LogP contribution in [0.5, 0.6) is 0 Å². The molecular formula is C65H40N2S. The highest BCUT2D eigenvalue weighted by Crippen LogP contribution is 2.63. The molecule has 10 aromatic carbocycles. The van der Waals surface area contributed by atoms with Gasteiger partial charge >= 0.3 is 0 Å². The van der Waals surface area contributed by atoms with Gasteiger partial charge in [-0.05, 0) is 120 Å². The van der Waals surface area contributed by atoms with Crippen LogP contribution in [0, 0.1) is 0 Å². The van der Waals surface area contributed by atoms with Crippen LogP contribution in [0.15, 0.2) is 243 Å². The highest BCUT2D eigenvalue weighted by Gasteiger charge is 2.51. The maximum Gasteiger partial charge on any atom is 0.160 e. The Morgan fingerprint density at radius 2 is 0.765 bits per heavy atom. The molecule has 1 spiro atoms. The summed E-state index contributed by atoms with van der Waals surface area (Å²) < 4.78 is 2.57. The van der Waals surface area contributed by atoms with Gasteiger partial charge in [-0.25, -0.2) is 9.97 Å². The van der Waals surface area contributed by atoms with E-state index in [1.807, 2.05) is 11.3 Å². The second kappa shape index (κ2) is 15.3. The molecule has 0 saturated heterocycles. The summed E-state index contributed by atoms with van der Waals surface area (Å²) in [7, 11) is 0. The molecule has 0 amide bonds. The van der Waals surface area contributed by atoms with Gasteiger partial charge in [-0.3, -0.25) is 0 Å². The largest absolute Gasteiger partial charge is 0.228 e. The normalized spacial score (nSPS) is 12.8. The van der Waals surface area contributed by atoms with E-state index in [9.17, 15) is 0 Å². The number of aromatic nitrogens is 2. The molecule has 0 atom stereocenters. The Morgan fingerprint density at radius 1 is 0.279 bits per heavy atom. The number of benzene rings is 10. The van der Waals surface area contributed by atoms with E-state index >= 15 is 0 Å². The van der Waals surface area contributed by atoms with Crippen LogP contribution in [0.25, 0.3) is 110 Å². The third-order valence-electron chi connectivity index (χ3n) is 14.3. The van der Waals surface area contributed by atoms with Crippen LogP contribution in [-0.4, -0.2) is 9.97 Å². The fraction of sp³-hybridized carbons (Fsp3) is 0.0154. The van der Waals surface area contributed by atoms with E-state index in [-0.39, 0.29) is 0 Å². The Balaban J connectivity index is 0.986. The van der Waals surface area contributed by atoms with Crippen molar-refractivity contribution in [2.45, 2.75) is 5.41 Å². The van der Waals surface area contributed by atoms with Gasteiger partial charge in [-0.2, -0.15) is 0 Å². The standard InChI is InChI=1S/C65H40N2S/c1-3-17-41(18-4-1)43-21-15-22-44(35-43)46-36-47(49-27-16-28-54-53-26-10-14-32-62(53)68-63(49)54)38-48(37-46)61-40-60(66-64(67-61)42-19-5-2-6-20-42)45-33-34-59-55(39-45)52-25-9-13-31-58(52)65(59)56-29-11-7-23-50(56)51-24-8-12-30-57(51)65/h1-40H. The van der Waals surface area contributed by atoms with Gasteiger partial charge in [-0.15, -0.1) is 11.3 Å². The molecule has 0 fully saturated rings. The highest BCUT2D eigenvalue weighted by atomic mass is 32.1. The summed E-state index contributed by atoms with van der Waals surface area (Å²) >= 11 is 1.86. The van der Waals surface area contributed by atoms with Crippen LogP contribution < -0.4 is 0 Å². The molecule has 12 aromatic rings. The Labute approximate surface area is 399 Å². The van der Waals surface area contributed by atoms with Gasteiger partial charge in [0.05, 0.1) is 16.8 Å².